The number of anilines is 1. The number of rotatable bonds is 6. The average molecular weight is 264 g/mol. The van der Waals surface area contributed by atoms with Crippen LogP contribution >= 0.6 is 11.6 Å². The minimum atomic E-state index is -3.37. The third-order valence-corrected chi connectivity index (χ3v) is 3.65. The first-order chi connectivity index (χ1) is 7.55. The van der Waals surface area contributed by atoms with Crippen molar-refractivity contribution in [1.29, 1.82) is 0 Å². The Hall–Kier alpha value is -0.780. The van der Waals surface area contributed by atoms with E-state index in [4.69, 9.17) is 16.7 Å². The molecule has 0 saturated heterocycles. The first-order valence-corrected chi connectivity index (χ1v) is 6.94. The lowest BCUT2D eigenvalue weighted by atomic mass is 10.3. The number of hydrogen-bond acceptors (Lipinski definition) is 3. The van der Waals surface area contributed by atoms with Crippen molar-refractivity contribution < 1.29 is 13.5 Å². The molecule has 0 unspecified atom stereocenters. The van der Waals surface area contributed by atoms with Crippen LogP contribution in [0.2, 0.25) is 5.02 Å². The van der Waals surface area contributed by atoms with Gasteiger partial charge in [0, 0.05) is 6.61 Å². The summed E-state index contributed by atoms with van der Waals surface area (Å²) in [6, 6.07) is 6.66. The first-order valence-electron chi connectivity index (χ1n) is 4.91. The predicted octanol–water partition coefficient (Wildman–Crippen LogP) is 1.85. The summed E-state index contributed by atoms with van der Waals surface area (Å²) in [5.41, 5.74) is 0.383. The van der Waals surface area contributed by atoms with Crippen molar-refractivity contribution in [3.05, 3.63) is 29.3 Å². The second-order valence-corrected chi connectivity index (χ2v) is 5.58. The van der Waals surface area contributed by atoms with Gasteiger partial charge >= 0.3 is 0 Å². The van der Waals surface area contributed by atoms with Gasteiger partial charge in [0.1, 0.15) is 0 Å². The zero-order valence-corrected chi connectivity index (χ0v) is 10.3. The summed E-state index contributed by atoms with van der Waals surface area (Å²) in [5, 5.41) is 8.93. The molecule has 90 valence electrons. The van der Waals surface area contributed by atoms with Crippen LogP contribution in [-0.4, -0.2) is 25.9 Å². The van der Waals surface area contributed by atoms with Crippen LogP contribution in [0, 0.1) is 0 Å². The monoisotopic (exact) mass is 263 g/mol. The van der Waals surface area contributed by atoms with Crippen LogP contribution < -0.4 is 4.72 Å². The van der Waals surface area contributed by atoms with Crippen LogP contribution in [0.1, 0.15) is 12.8 Å². The highest BCUT2D eigenvalue weighted by Gasteiger charge is 2.11. The van der Waals surface area contributed by atoms with E-state index in [-0.39, 0.29) is 12.4 Å². The van der Waals surface area contributed by atoms with E-state index in [1.54, 1.807) is 24.3 Å². The Morgan fingerprint density at radius 2 is 1.94 bits per heavy atom. The smallest absolute Gasteiger partial charge is 0.232 e. The van der Waals surface area contributed by atoms with E-state index in [0.29, 0.717) is 23.6 Å². The summed E-state index contributed by atoms with van der Waals surface area (Å²) in [5.74, 6) is -0.0151. The summed E-state index contributed by atoms with van der Waals surface area (Å²) in [4.78, 5) is 0. The molecular weight excluding hydrogens is 250 g/mol. The van der Waals surface area contributed by atoms with E-state index in [0.717, 1.165) is 0 Å². The maximum atomic E-state index is 11.6. The van der Waals surface area contributed by atoms with Crippen LogP contribution in [0.15, 0.2) is 24.3 Å². The molecule has 0 aromatic heterocycles. The SMILES string of the molecule is O=S(=O)(CCCCO)Nc1ccccc1Cl. The van der Waals surface area contributed by atoms with Crippen molar-refractivity contribution in [3.8, 4) is 0 Å². The summed E-state index contributed by atoms with van der Waals surface area (Å²) in [6.07, 6.45) is 0.902. The van der Waals surface area contributed by atoms with E-state index in [9.17, 15) is 8.42 Å². The quantitative estimate of drug-likeness (QED) is 0.770. The van der Waals surface area contributed by atoms with Crippen LogP contribution in [0.4, 0.5) is 5.69 Å². The molecule has 0 radical (unpaired) electrons. The molecule has 16 heavy (non-hydrogen) atoms. The van der Waals surface area contributed by atoms with Gasteiger partial charge in [0.15, 0.2) is 0 Å². The fourth-order valence-corrected chi connectivity index (χ4v) is 2.60. The number of halogens is 1. The van der Waals surface area contributed by atoms with Crippen LogP contribution in [0.25, 0.3) is 0 Å². The van der Waals surface area contributed by atoms with Crippen molar-refractivity contribution in [3.63, 3.8) is 0 Å². The second kappa shape index (κ2) is 6.08. The summed E-state index contributed by atoms with van der Waals surface area (Å²) >= 11 is 5.82. The van der Waals surface area contributed by atoms with Gasteiger partial charge in [-0.3, -0.25) is 4.72 Å². The van der Waals surface area contributed by atoms with Gasteiger partial charge in [-0.15, -0.1) is 0 Å². The van der Waals surface area contributed by atoms with Crippen molar-refractivity contribution >= 4 is 27.3 Å². The van der Waals surface area contributed by atoms with Gasteiger partial charge in [-0.2, -0.15) is 0 Å². The Bertz CT molecular complexity index is 433. The molecule has 0 aliphatic rings. The van der Waals surface area contributed by atoms with E-state index in [2.05, 4.69) is 4.72 Å². The number of aliphatic hydroxyl groups excluding tert-OH is 1. The highest BCUT2D eigenvalue weighted by molar-refractivity contribution is 7.92. The molecule has 1 aromatic rings. The fourth-order valence-electron chi connectivity index (χ4n) is 1.17. The minimum Gasteiger partial charge on any atom is -0.396 e. The zero-order chi connectivity index (χ0) is 12.0. The molecule has 0 saturated carbocycles. The molecule has 0 heterocycles. The summed E-state index contributed by atoms with van der Waals surface area (Å²) in [6.45, 7) is 0.00160. The number of sulfonamides is 1. The van der Waals surface area contributed by atoms with Gasteiger partial charge in [0.25, 0.3) is 0 Å². The van der Waals surface area contributed by atoms with Crippen molar-refractivity contribution in [2.75, 3.05) is 17.1 Å². The van der Waals surface area contributed by atoms with Gasteiger partial charge in [0.2, 0.25) is 10.0 Å². The zero-order valence-electron chi connectivity index (χ0n) is 8.69. The van der Waals surface area contributed by atoms with Gasteiger partial charge < -0.3 is 5.11 Å². The van der Waals surface area contributed by atoms with E-state index in [1.807, 2.05) is 0 Å². The van der Waals surface area contributed by atoms with Gasteiger partial charge in [-0.05, 0) is 25.0 Å². The Kier molecular flexibility index (Phi) is 5.05. The number of benzene rings is 1. The van der Waals surface area contributed by atoms with Gasteiger partial charge in [0.05, 0.1) is 16.5 Å². The van der Waals surface area contributed by atoms with E-state index < -0.39 is 10.0 Å². The normalized spacial score (nSPS) is 11.4. The first kappa shape index (κ1) is 13.3. The van der Waals surface area contributed by atoms with Gasteiger partial charge in [-0.1, -0.05) is 23.7 Å². The largest absolute Gasteiger partial charge is 0.396 e. The highest BCUT2D eigenvalue weighted by atomic mass is 35.5. The molecule has 0 aliphatic heterocycles. The highest BCUT2D eigenvalue weighted by Crippen LogP contribution is 2.21. The third kappa shape index (κ3) is 4.38. The van der Waals surface area contributed by atoms with E-state index >= 15 is 0 Å². The fraction of sp³-hybridized carbons (Fsp3) is 0.400. The summed E-state index contributed by atoms with van der Waals surface area (Å²) < 4.78 is 25.6. The lowest BCUT2D eigenvalue weighted by Gasteiger charge is -2.08. The number of aliphatic hydroxyl groups is 1. The lowest BCUT2D eigenvalue weighted by molar-refractivity contribution is 0.287. The number of para-hydroxylation sites is 1. The third-order valence-electron chi connectivity index (χ3n) is 1.96. The molecule has 0 amide bonds. The lowest BCUT2D eigenvalue weighted by Crippen LogP contribution is -2.17. The van der Waals surface area contributed by atoms with Crippen LogP contribution in [-0.2, 0) is 10.0 Å². The number of hydrogen-bond donors (Lipinski definition) is 2. The predicted molar refractivity (Wildman–Crippen MR) is 65.2 cm³/mol. The molecule has 1 aromatic carbocycles. The average Bonchev–Trinajstić information content (AvgIpc) is 2.21. The molecule has 4 nitrogen and oxygen atoms in total. The molecule has 0 spiro atoms. The standard InChI is InChI=1S/C10H14ClNO3S/c11-9-5-1-2-6-10(9)12-16(14,15)8-4-3-7-13/h1-2,5-6,12-13H,3-4,7-8H2. The molecule has 0 fully saturated rings. The topological polar surface area (TPSA) is 66.4 Å². The minimum absolute atomic E-state index is 0.00160. The molecule has 0 atom stereocenters. The molecule has 6 heteroatoms. The van der Waals surface area contributed by atoms with Crippen molar-refractivity contribution in [1.82, 2.24) is 0 Å². The van der Waals surface area contributed by atoms with E-state index in [1.165, 1.54) is 0 Å². The Balaban J connectivity index is 2.63. The maximum absolute atomic E-state index is 11.6. The Morgan fingerprint density at radius 3 is 2.56 bits per heavy atom. The van der Waals surface area contributed by atoms with Crippen LogP contribution in [0.5, 0.6) is 0 Å². The van der Waals surface area contributed by atoms with Gasteiger partial charge in [-0.25, -0.2) is 8.42 Å². The molecule has 0 aliphatic carbocycles. The molecule has 1 rings (SSSR count). The summed E-state index contributed by atoms with van der Waals surface area (Å²) in [7, 11) is -3.37. The van der Waals surface area contributed by atoms with Crippen molar-refractivity contribution in [2.45, 2.75) is 12.8 Å². The molecular formula is C10H14ClNO3S. The second-order valence-electron chi connectivity index (χ2n) is 3.33. The van der Waals surface area contributed by atoms with Crippen LogP contribution in [0.3, 0.4) is 0 Å². The number of unbranched alkanes of at least 4 members (excludes halogenated alkanes) is 1. The Labute approximate surface area is 100 Å². The van der Waals surface area contributed by atoms with Crippen molar-refractivity contribution in [2.24, 2.45) is 0 Å². The molecule has 0 bridgehead atoms. The maximum Gasteiger partial charge on any atom is 0.232 e. The number of nitrogens with one attached hydrogen (secondary N) is 1. The molecule has 2 N–H and O–H groups in total. The Morgan fingerprint density at radius 1 is 1.25 bits per heavy atom.